The van der Waals surface area contributed by atoms with Crippen LogP contribution >= 0.6 is 35.0 Å². The summed E-state index contributed by atoms with van der Waals surface area (Å²) in [6.07, 6.45) is 0.518. The highest BCUT2D eigenvalue weighted by atomic mass is 35.5. The van der Waals surface area contributed by atoms with Crippen molar-refractivity contribution in [2.24, 2.45) is 5.92 Å². The first kappa shape index (κ1) is 22.0. The minimum Gasteiger partial charge on any atom is -0.337 e. The largest absolute Gasteiger partial charge is 0.337 e. The van der Waals surface area contributed by atoms with Gasteiger partial charge in [-0.1, -0.05) is 36.2 Å². The van der Waals surface area contributed by atoms with Crippen LogP contribution in [0.3, 0.4) is 0 Å². The molecule has 1 N–H and O–H groups in total. The molecule has 0 saturated carbocycles. The molecule has 1 unspecified atom stereocenters. The van der Waals surface area contributed by atoms with E-state index in [9.17, 15) is 9.59 Å². The van der Waals surface area contributed by atoms with Crippen molar-refractivity contribution in [1.29, 1.82) is 0 Å². The highest BCUT2D eigenvalue weighted by molar-refractivity contribution is 7.99. The highest BCUT2D eigenvalue weighted by Gasteiger charge is 2.20. The van der Waals surface area contributed by atoms with E-state index in [2.05, 4.69) is 5.32 Å². The Morgan fingerprint density at radius 2 is 1.86 bits per heavy atom. The maximum atomic E-state index is 12.7. The predicted molar refractivity (Wildman–Crippen MR) is 122 cm³/mol. The van der Waals surface area contributed by atoms with Gasteiger partial charge in [0.15, 0.2) is 0 Å². The molecule has 4 nitrogen and oxygen atoms in total. The maximum Gasteiger partial charge on any atom is 0.253 e. The lowest BCUT2D eigenvalue weighted by Crippen LogP contribution is -2.37. The molecule has 2 aromatic rings. The summed E-state index contributed by atoms with van der Waals surface area (Å²) in [5.74, 6) is 1.66. The van der Waals surface area contributed by atoms with Crippen LogP contribution in [-0.4, -0.2) is 41.3 Å². The van der Waals surface area contributed by atoms with Crippen molar-refractivity contribution in [2.45, 2.75) is 20.3 Å². The number of halogens is 2. The second kappa shape index (κ2) is 9.88. The maximum absolute atomic E-state index is 12.7. The Morgan fingerprint density at radius 1 is 1.14 bits per heavy atom. The minimum atomic E-state index is -0.264. The van der Waals surface area contributed by atoms with Crippen LogP contribution in [0.4, 0.5) is 5.69 Å². The SMILES string of the molecule is Cc1cc(C(=O)N2CCSCC2)ccc1NC(=O)C(C)Cc1ccc(Cl)cc1Cl. The Balaban J connectivity index is 1.64. The number of nitrogens with one attached hydrogen (secondary N) is 1. The van der Waals surface area contributed by atoms with Crippen molar-refractivity contribution in [3.05, 3.63) is 63.1 Å². The summed E-state index contributed by atoms with van der Waals surface area (Å²) < 4.78 is 0. The van der Waals surface area contributed by atoms with Gasteiger partial charge in [0.05, 0.1) is 0 Å². The number of hydrogen-bond acceptors (Lipinski definition) is 3. The topological polar surface area (TPSA) is 49.4 Å². The van der Waals surface area contributed by atoms with Crippen LogP contribution in [0.2, 0.25) is 10.0 Å². The number of amides is 2. The summed E-state index contributed by atoms with van der Waals surface area (Å²) in [5, 5.41) is 4.11. The third-order valence-corrected chi connectivity index (χ3v) is 6.55. The Bertz CT molecular complexity index is 914. The van der Waals surface area contributed by atoms with E-state index in [0.717, 1.165) is 41.4 Å². The highest BCUT2D eigenvalue weighted by Crippen LogP contribution is 2.25. The molecule has 1 saturated heterocycles. The first-order valence-corrected chi connectivity index (χ1v) is 11.5. The lowest BCUT2D eigenvalue weighted by Gasteiger charge is -2.26. The molecule has 1 aliphatic rings. The molecule has 1 fully saturated rings. The third-order valence-electron chi connectivity index (χ3n) is 5.02. The summed E-state index contributed by atoms with van der Waals surface area (Å²) in [6, 6.07) is 10.7. The average Bonchev–Trinajstić information content (AvgIpc) is 2.71. The Labute approximate surface area is 185 Å². The molecule has 1 aliphatic heterocycles. The van der Waals surface area contributed by atoms with Crippen LogP contribution in [0.1, 0.15) is 28.4 Å². The quantitative estimate of drug-likeness (QED) is 0.671. The number of aryl methyl sites for hydroxylation is 1. The van der Waals surface area contributed by atoms with Crippen molar-refractivity contribution < 1.29 is 9.59 Å². The van der Waals surface area contributed by atoms with Gasteiger partial charge >= 0.3 is 0 Å². The van der Waals surface area contributed by atoms with E-state index in [4.69, 9.17) is 23.2 Å². The van der Waals surface area contributed by atoms with Crippen molar-refractivity contribution in [1.82, 2.24) is 4.90 Å². The standard InChI is InChI=1S/C22H24Cl2N2O2S/c1-14-11-17(22(28)26-7-9-29-10-8-26)4-6-20(14)25-21(27)15(2)12-16-3-5-18(23)13-19(16)24/h3-6,11,13,15H,7-10,12H2,1-2H3,(H,25,27). The second-order valence-corrected chi connectivity index (χ2v) is 9.33. The van der Waals surface area contributed by atoms with E-state index in [-0.39, 0.29) is 17.7 Å². The normalized spacial score (nSPS) is 15.1. The summed E-state index contributed by atoms with van der Waals surface area (Å²) in [6.45, 7) is 5.33. The molecule has 0 aliphatic carbocycles. The van der Waals surface area contributed by atoms with Gasteiger partial charge in [-0.05, 0) is 54.8 Å². The Hall–Kier alpha value is -1.69. The molecule has 0 aromatic heterocycles. The van der Waals surface area contributed by atoms with E-state index < -0.39 is 0 Å². The van der Waals surface area contributed by atoms with Gasteiger partial charge in [-0.15, -0.1) is 0 Å². The molecule has 1 atom stereocenters. The van der Waals surface area contributed by atoms with Crippen molar-refractivity contribution in [3.63, 3.8) is 0 Å². The van der Waals surface area contributed by atoms with E-state index in [1.165, 1.54) is 0 Å². The zero-order valence-electron chi connectivity index (χ0n) is 16.5. The predicted octanol–water partition coefficient (Wildman–Crippen LogP) is 5.31. The van der Waals surface area contributed by atoms with Gasteiger partial charge in [-0.25, -0.2) is 0 Å². The molecule has 29 heavy (non-hydrogen) atoms. The summed E-state index contributed by atoms with van der Waals surface area (Å²) in [5.41, 5.74) is 3.13. The first-order chi connectivity index (χ1) is 13.8. The van der Waals surface area contributed by atoms with E-state index in [0.29, 0.717) is 22.0 Å². The van der Waals surface area contributed by atoms with E-state index >= 15 is 0 Å². The van der Waals surface area contributed by atoms with Gasteiger partial charge in [-0.3, -0.25) is 9.59 Å². The molecule has 0 spiro atoms. The third kappa shape index (κ3) is 5.68. The van der Waals surface area contributed by atoms with Gasteiger partial charge in [0, 0.05) is 51.8 Å². The molecule has 154 valence electrons. The first-order valence-electron chi connectivity index (χ1n) is 9.57. The summed E-state index contributed by atoms with van der Waals surface area (Å²) in [4.78, 5) is 27.2. The van der Waals surface area contributed by atoms with Crippen molar-refractivity contribution in [2.75, 3.05) is 29.9 Å². The van der Waals surface area contributed by atoms with Crippen LogP contribution in [0.25, 0.3) is 0 Å². The molecule has 3 rings (SSSR count). The fourth-order valence-corrected chi connectivity index (χ4v) is 4.64. The number of nitrogens with zero attached hydrogens (tertiary/aromatic N) is 1. The molecule has 0 bridgehead atoms. The number of thioether (sulfide) groups is 1. The van der Waals surface area contributed by atoms with Gasteiger partial charge in [0.25, 0.3) is 5.91 Å². The molecule has 1 heterocycles. The van der Waals surface area contributed by atoms with Crippen molar-refractivity contribution in [3.8, 4) is 0 Å². The Kier molecular flexibility index (Phi) is 7.49. The Morgan fingerprint density at radius 3 is 2.52 bits per heavy atom. The monoisotopic (exact) mass is 450 g/mol. The second-order valence-electron chi connectivity index (χ2n) is 7.26. The fourth-order valence-electron chi connectivity index (χ4n) is 3.25. The van der Waals surface area contributed by atoms with Gasteiger partial charge in [0.1, 0.15) is 0 Å². The van der Waals surface area contributed by atoms with Crippen LogP contribution in [0.5, 0.6) is 0 Å². The molecule has 7 heteroatoms. The molecular weight excluding hydrogens is 427 g/mol. The average molecular weight is 451 g/mol. The van der Waals surface area contributed by atoms with Crippen LogP contribution in [0, 0.1) is 12.8 Å². The number of hydrogen-bond donors (Lipinski definition) is 1. The van der Waals surface area contributed by atoms with Gasteiger partial charge in [0.2, 0.25) is 5.91 Å². The van der Waals surface area contributed by atoms with Gasteiger partial charge in [-0.2, -0.15) is 11.8 Å². The number of carbonyl (C=O) groups is 2. The lowest BCUT2D eigenvalue weighted by atomic mass is 10.00. The fraction of sp³-hybridized carbons (Fsp3) is 0.364. The van der Waals surface area contributed by atoms with E-state index in [1.807, 2.05) is 42.6 Å². The zero-order chi connectivity index (χ0) is 21.0. The number of rotatable bonds is 5. The lowest BCUT2D eigenvalue weighted by molar-refractivity contribution is -0.119. The number of anilines is 1. The molecule has 0 radical (unpaired) electrons. The van der Waals surface area contributed by atoms with Crippen LogP contribution in [-0.2, 0) is 11.2 Å². The van der Waals surface area contributed by atoms with Crippen LogP contribution < -0.4 is 5.32 Å². The number of benzene rings is 2. The smallest absolute Gasteiger partial charge is 0.253 e. The van der Waals surface area contributed by atoms with Gasteiger partial charge < -0.3 is 10.2 Å². The van der Waals surface area contributed by atoms with Crippen molar-refractivity contribution >= 4 is 52.5 Å². The van der Waals surface area contributed by atoms with E-state index in [1.54, 1.807) is 24.3 Å². The number of carbonyl (C=O) groups excluding carboxylic acids is 2. The summed E-state index contributed by atoms with van der Waals surface area (Å²) >= 11 is 14.0. The summed E-state index contributed by atoms with van der Waals surface area (Å²) in [7, 11) is 0. The molecular formula is C22H24Cl2N2O2S. The molecule has 2 aromatic carbocycles. The zero-order valence-corrected chi connectivity index (χ0v) is 18.8. The van der Waals surface area contributed by atoms with Crippen LogP contribution in [0.15, 0.2) is 36.4 Å². The minimum absolute atomic E-state index is 0.0528. The molecule has 2 amide bonds.